The van der Waals surface area contributed by atoms with Gasteiger partial charge in [-0.2, -0.15) is 16.8 Å². The highest BCUT2D eigenvalue weighted by atomic mass is 32.2. The van der Waals surface area contributed by atoms with Crippen molar-refractivity contribution in [1.82, 2.24) is 29.4 Å². The highest BCUT2D eigenvalue weighted by Gasteiger charge is 2.41. The molecule has 2 saturated heterocycles. The van der Waals surface area contributed by atoms with Gasteiger partial charge in [-0.25, -0.2) is 38.2 Å². The van der Waals surface area contributed by atoms with Gasteiger partial charge < -0.3 is 30.3 Å². The van der Waals surface area contributed by atoms with E-state index in [1.807, 2.05) is 65.2 Å². The van der Waals surface area contributed by atoms with Crippen LogP contribution in [0.15, 0.2) is 107 Å². The first kappa shape index (κ1) is 60.8. The minimum Gasteiger partial charge on any atom is -0.493 e. The van der Waals surface area contributed by atoms with Crippen molar-refractivity contribution >= 4 is 61.0 Å². The zero-order chi connectivity index (χ0) is 59.4. The van der Waals surface area contributed by atoms with Crippen LogP contribution in [0.25, 0.3) is 22.5 Å². The molecule has 81 heavy (non-hydrogen) atoms. The maximum atomic E-state index is 14.6. The first-order valence-corrected chi connectivity index (χ1v) is 29.4. The number of carbonyl (C=O) groups excluding carboxylic acids is 3. The standard InChI is InChI=1S/C30H36FN5O5S.C28H34FN5O4S/c1-18(2)17-41-23-13-21(12-22(31)14-23)25-11-10-24(28(33-25)36-16-19(3)15-30(36,5)6)29(38)35-42(39,40)27-9-7-8-26(34-27)32-20(4)37;1-17(2)16-38-21-12-19(11-20(29)13-21)23-10-9-22(26(31-23)34-15-18(3)14-28(34,4)5)27(35)33-39(36,37)25-8-6-7-24(30)32-25/h7-14,18-19H,15-17H2,1-6H3,(H,35,38)(H,32,34,37);6-13,17-18H,14-16H2,1-5H3,(H2,30,32)(H,33,35)/t19-;18-/m00/s1. The first-order valence-electron chi connectivity index (χ1n) is 26.5. The molecule has 19 nitrogen and oxygen atoms in total. The zero-order valence-electron chi connectivity index (χ0n) is 47.3. The summed E-state index contributed by atoms with van der Waals surface area (Å²) in [4.78, 5) is 59.6. The van der Waals surface area contributed by atoms with Gasteiger partial charge in [0.1, 0.15) is 46.4 Å². The number of pyridine rings is 4. The Bertz CT molecular complexity index is 3570. The molecule has 4 aromatic heterocycles. The molecule has 8 rings (SSSR count). The maximum absolute atomic E-state index is 14.6. The molecule has 0 unspecified atom stereocenters. The van der Waals surface area contributed by atoms with E-state index in [0.717, 1.165) is 12.8 Å². The second-order valence-corrected chi connectivity index (χ2v) is 25.9. The molecule has 2 fully saturated rings. The molecule has 2 aromatic carbocycles. The molecule has 0 bridgehead atoms. The number of carbonyl (C=O) groups is 3. The summed E-state index contributed by atoms with van der Waals surface area (Å²) in [7, 11) is -8.71. The molecule has 5 N–H and O–H groups in total. The quantitative estimate of drug-likeness (QED) is 0.0662. The number of anilines is 4. The summed E-state index contributed by atoms with van der Waals surface area (Å²) in [6.07, 6.45) is 1.67. The number of hydrogen-bond acceptors (Lipinski definition) is 16. The average molecular weight is 1150 g/mol. The van der Waals surface area contributed by atoms with E-state index in [4.69, 9.17) is 25.2 Å². The largest absolute Gasteiger partial charge is 0.493 e. The third kappa shape index (κ3) is 15.4. The van der Waals surface area contributed by atoms with E-state index >= 15 is 0 Å². The van der Waals surface area contributed by atoms with E-state index in [2.05, 4.69) is 38.6 Å². The van der Waals surface area contributed by atoms with E-state index in [1.54, 1.807) is 24.3 Å². The average Bonchev–Trinajstić information content (AvgIpc) is 4.11. The highest BCUT2D eigenvalue weighted by molar-refractivity contribution is 7.90. The number of aromatic nitrogens is 4. The molecule has 2 aliphatic rings. The Labute approximate surface area is 472 Å². The number of nitrogens with two attached hydrogens (primary N) is 1. The number of rotatable bonds is 17. The second kappa shape index (κ2) is 24.5. The van der Waals surface area contributed by atoms with Crippen LogP contribution >= 0.6 is 0 Å². The van der Waals surface area contributed by atoms with Crippen molar-refractivity contribution < 1.29 is 49.5 Å². The summed E-state index contributed by atoms with van der Waals surface area (Å²) in [5, 5.41) is 1.62. The fraction of sp³-hybridized carbons (Fsp3) is 0.397. The first-order chi connectivity index (χ1) is 37.9. The van der Waals surface area contributed by atoms with Crippen molar-refractivity contribution in [3.8, 4) is 34.0 Å². The molecule has 3 amide bonds. The third-order valence-corrected chi connectivity index (χ3v) is 15.6. The van der Waals surface area contributed by atoms with Gasteiger partial charge in [0, 0.05) is 54.4 Å². The summed E-state index contributed by atoms with van der Waals surface area (Å²) in [6.45, 7) is 23.6. The Morgan fingerprint density at radius 1 is 0.630 bits per heavy atom. The van der Waals surface area contributed by atoms with Crippen molar-refractivity contribution in [3.63, 3.8) is 0 Å². The van der Waals surface area contributed by atoms with Gasteiger partial charge in [-0.05, 0) is 137 Å². The molecule has 0 saturated carbocycles. The number of amides is 3. The number of sulfonamides is 2. The molecule has 23 heteroatoms. The Morgan fingerprint density at radius 2 is 1.05 bits per heavy atom. The van der Waals surface area contributed by atoms with Gasteiger partial charge in [-0.1, -0.05) is 53.7 Å². The summed E-state index contributed by atoms with van der Waals surface area (Å²) < 4.78 is 96.9. The molecule has 2 aliphatic heterocycles. The fourth-order valence-corrected chi connectivity index (χ4v) is 11.7. The predicted octanol–water partition coefficient (Wildman–Crippen LogP) is 9.66. The Hall–Kier alpha value is -7.79. The van der Waals surface area contributed by atoms with Crippen molar-refractivity contribution in [2.24, 2.45) is 23.7 Å². The van der Waals surface area contributed by atoms with Gasteiger partial charge in [0.05, 0.1) is 35.7 Å². The van der Waals surface area contributed by atoms with E-state index in [9.17, 15) is 40.0 Å². The Morgan fingerprint density at radius 3 is 1.43 bits per heavy atom. The summed E-state index contributed by atoms with van der Waals surface area (Å²) in [5.74, 6) is -0.671. The van der Waals surface area contributed by atoms with E-state index < -0.39 is 54.4 Å². The van der Waals surface area contributed by atoms with Gasteiger partial charge >= 0.3 is 0 Å². The van der Waals surface area contributed by atoms with Crippen molar-refractivity contribution in [2.45, 2.75) is 110 Å². The lowest BCUT2D eigenvalue weighted by Crippen LogP contribution is -2.41. The van der Waals surface area contributed by atoms with Crippen LogP contribution < -0.4 is 39.8 Å². The minimum atomic E-state index is -4.41. The monoisotopic (exact) mass is 1150 g/mol. The molecular weight excluding hydrogens is 1080 g/mol. The second-order valence-electron chi connectivity index (χ2n) is 22.7. The van der Waals surface area contributed by atoms with Crippen LogP contribution in [0.5, 0.6) is 11.5 Å². The summed E-state index contributed by atoms with van der Waals surface area (Å²) >= 11 is 0. The van der Waals surface area contributed by atoms with Gasteiger partial charge in [-0.15, -0.1) is 0 Å². The number of nitrogens with one attached hydrogen (secondary N) is 3. The zero-order valence-corrected chi connectivity index (χ0v) is 48.9. The molecule has 6 heterocycles. The third-order valence-electron chi connectivity index (χ3n) is 13.2. The molecule has 0 spiro atoms. The smallest absolute Gasteiger partial charge is 0.281 e. The lowest BCUT2D eigenvalue weighted by Gasteiger charge is -2.34. The van der Waals surface area contributed by atoms with E-state index in [1.165, 1.54) is 79.7 Å². The van der Waals surface area contributed by atoms with E-state index in [0.29, 0.717) is 72.1 Å². The van der Waals surface area contributed by atoms with Crippen LogP contribution in [0, 0.1) is 35.3 Å². The number of nitrogens with zero attached hydrogens (tertiary/aromatic N) is 6. The number of halogens is 2. The SMILES string of the molecule is CC(=O)Nc1cccc(S(=O)(=O)NC(=O)c2ccc(-c3cc(F)cc(OCC(C)C)c3)nc2N2C[C@@H](C)CC2(C)C)n1.CC(C)COc1cc(F)cc(-c2ccc(C(=O)NS(=O)(=O)c3cccc(N)n3)c(N3C[C@@H](C)CC3(C)C)n2)c1. The topological polar surface area (TPSA) is 258 Å². The van der Waals surface area contributed by atoms with E-state index in [-0.39, 0.29) is 62.4 Å². The molecule has 6 aromatic rings. The van der Waals surface area contributed by atoms with Gasteiger partial charge in [0.25, 0.3) is 31.9 Å². The molecule has 432 valence electrons. The molecular formula is C58H70F2N10O9S2. The lowest BCUT2D eigenvalue weighted by molar-refractivity contribution is -0.114. The summed E-state index contributed by atoms with van der Waals surface area (Å²) in [6, 6.07) is 23.0. The van der Waals surface area contributed by atoms with Crippen LogP contribution in [-0.4, -0.2) is 91.9 Å². The molecule has 0 aliphatic carbocycles. The number of benzene rings is 2. The van der Waals surface area contributed by atoms with Crippen LogP contribution in [0.1, 0.15) is 110 Å². The lowest BCUT2D eigenvalue weighted by atomic mass is 9.97. The van der Waals surface area contributed by atoms with Crippen molar-refractivity contribution in [3.05, 3.63) is 120 Å². The van der Waals surface area contributed by atoms with Gasteiger partial charge in [-0.3, -0.25) is 14.4 Å². The number of nitrogen functional groups attached to an aromatic ring is 1. The molecule has 2 atom stereocenters. The normalized spacial score (nSPS) is 16.6. The minimum absolute atomic E-state index is 0.0108. The molecule has 0 radical (unpaired) electrons. The predicted molar refractivity (Wildman–Crippen MR) is 307 cm³/mol. The Balaban J connectivity index is 0.000000234. The maximum Gasteiger partial charge on any atom is 0.281 e. The van der Waals surface area contributed by atoms with Crippen LogP contribution in [0.3, 0.4) is 0 Å². The van der Waals surface area contributed by atoms with Crippen LogP contribution in [0.4, 0.5) is 32.1 Å². The van der Waals surface area contributed by atoms with Crippen LogP contribution in [0.2, 0.25) is 0 Å². The van der Waals surface area contributed by atoms with Crippen LogP contribution in [-0.2, 0) is 24.8 Å². The fourth-order valence-electron chi connectivity index (χ4n) is 9.87. The Kier molecular flexibility index (Phi) is 18.4. The van der Waals surface area contributed by atoms with Gasteiger partial charge in [0.15, 0.2) is 10.1 Å². The number of hydrogen-bond donors (Lipinski definition) is 4. The summed E-state index contributed by atoms with van der Waals surface area (Å²) in [5.41, 5.74) is 6.75. The van der Waals surface area contributed by atoms with Crippen molar-refractivity contribution in [1.29, 1.82) is 0 Å². The number of ether oxygens (including phenoxy) is 2. The van der Waals surface area contributed by atoms with Crippen molar-refractivity contribution in [2.75, 3.05) is 47.2 Å². The highest BCUT2D eigenvalue weighted by Crippen LogP contribution is 2.41. The van der Waals surface area contributed by atoms with Gasteiger partial charge in [0.2, 0.25) is 5.91 Å².